The molecule has 0 radical (unpaired) electrons. The number of aromatic nitrogens is 3. The van der Waals surface area contributed by atoms with E-state index < -0.39 is 0 Å². The minimum Gasteiger partial charge on any atom is -0.395 e. The first-order chi connectivity index (χ1) is 9.11. The third-order valence-electron chi connectivity index (χ3n) is 3.72. The normalized spacial score (nSPS) is 11.1. The second-order valence-electron chi connectivity index (χ2n) is 4.76. The molecule has 0 unspecified atom stereocenters. The van der Waals surface area contributed by atoms with Crippen molar-refractivity contribution in [2.24, 2.45) is 7.05 Å². The smallest absolute Gasteiger partial charge is 0.116 e. The second-order valence-corrected chi connectivity index (χ2v) is 4.76. The summed E-state index contributed by atoms with van der Waals surface area (Å²) < 4.78 is 2.17. The highest BCUT2D eigenvalue weighted by Gasteiger charge is 2.17. The summed E-state index contributed by atoms with van der Waals surface area (Å²) in [6.45, 7) is 3.99. The van der Waals surface area contributed by atoms with Gasteiger partial charge in [-0.05, 0) is 19.9 Å². The zero-order valence-electron chi connectivity index (χ0n) is 11.3. The maximum Gasteiger partial charge on any atom is 0.116 e. The first kappa shape index (κ1) is 11.7. The molecule has 0 saturated carbocycles. The molecule has 2 heterocycles. The van der Waals surface area contributed by atoms with E-state index in [-0.39, 0.29) is 0 Å². The summed E-state index contributed by atoms with van der Waals surface area (Å²) >= 11 is 0. The van der Waals surface area contributed by atoms with Crippen LogP contribution in [0.2, 0.25) is 0 Å². The molecule has 0 aliphatic carbocycles. The molecule has 0 aliphatic rings. The van der Waals surface area contributed by atoms with Gasteiger partial charge in [-0.3, -0.25) is 0 Å². The van der Waals surface area contributed by atoms with E-state index in [0.717, 1.165) is 22.6 Å². The molecule has 4 nitrogen and oxygen atoms in total. The van der Waals surface area contributed by atoms with Gasteiger partial charge in [-0.25, -0.2) is 9.97 Å². The molecule has 0 bridgehead atoms. The third-order valence-corrected chi connectivity index (χ3v) is 3.72. The highest BCUT2D eigenvalue weighted by atomic mass is 15.0. The molecule has 0 atom stereocenters. The largest absolute Gasteiger partial charge is 0.395 e. The monoisotopic (exact) mass is 252 g/mol. The van der Waals surface area contributed by atoms with Crippen molar-refractivity contribution in [1.29, 1.82) is 0 Å². The van der Waals surface area contributed by atoms with Crippen LogP contribution in [0.15, 0.2) is 30.6 Å². The number of rotatable bonds is 1. The van der Waals surface area contributed by atoms with Crippen molar-refractivity contribution in [3.05, 3.63) is 42.0 Å². The Balaban J connectivity index is 2.43. The number of benzene rings is 1. The van der Waals surface area contributed by atoms with Crippen molar-refractivity contribution < 1.29 is 0 Å². The Morgan fingerprint density at radius 1 is 1.11 bits per heavy atom. The minimum absolute atomic E-state index is 0.655. The van der Waals surface area contributed by atoms with Crippen LogP contribution in [0.5, 0.6) is 0 Å². The third kappa shape index (κ3) is 1.60. The van der Waals surface area contributed by atoms with Crippen molar-refractivity contribution in [3.8, 4) is 11.3 Å². The van der Waals surface area contributed by atoms with Crippen molar-refractivity contribution >= 4 is 16.6 Å². The van der Waals surface area contributed by atoms with Gasteiger partial charge >= 0.3 is 0 Å². The summed E-state index contributed by atoms with van der Waals surface area (Å²) in [6, 6.07) is 8.29. The van der Waals surface area contributed by atoms with E-state index in [2.05, 4.69) is 40.6 Å². The van der Waals surface area contributed by atoms with Gasteiger partial charge < -0.3 is 10.3 Å². The van der Waals surface area contributed by atoms with Crippen LogP contribution in [0.4, 0.5) is 5.69 Å². The molecule has 4 heteroatoms. The molecule has 0 fully saturated rings. The minimum atomic E-state index is 0.655. The fraction of sp³-hybridized carbons (Fsp3) is 0.200. The molecule has 2 N–H and O–H groups in total. The van der Waals surface area contributed by atoms with Gasteiger partial charge in [0.25, 0.3) is 0 Å². The molecule has 3 rings (SSSR count). The fourth-order valence-corrected chi connectivity index (χ4v) is 2.50. The van der Waals surface area contributed by atoms with Crippen LogP contribution >= 0.6 is 0 Å². The average Bonchev–Trinajstić information content (AvgIpc) is 2.67. The predicted molar refractivity (Wildman–Crippen MR) is 77.8 cm³/mol. The average molecular weight is 252 g/mol. The van der Waals surface area contributed by atoms with Gasteiger partial charge in [0.05, 0.1) is 17.1 Å². The van der Waals surface area contributed by atoms with E-state index in [1.54, 1.807) is 6.33 Å². The lowest BCUT2D eigenvalue weighted by Gasteiger charge is -2.07. The molecule has 0 amide bonds. The molecule has 96 valence electrons. The fourth-order valence-electron chi connectivity index (χ4n) is 2.50. The molecule has 0 aliphatic heterocycles. The molecule has 0 saturated heterocycles. The summed E-state index contributed by atoms with van der Waals surface area (Å²) in [6.07, 6.45) is 1.57. The van der Waals surface area contributed by atoms with E-state index in [1.165, 1.54) is 10.9 Å². The van der Waals surface area contributed by atoms with Crippen LogP contribution in [-0.2, 0) is 7.05 Å². The number of para-hydroxylation sites is 1. The van der Waals surface area contributed by atoms with Crippen molar-refractivity contribution in [2.75, 3.05) is 5.73 Å². The van der Waals surface area contributed by atoms with Gasteiger partial charge in [0.1, 0.15) is 6.33 Å². The molecular weight excluding hydrogens is 236 g/mol. The van der Waals surface area contributed by atoms with Crippen molar-refractivity contribution in [3.63, 3.8) is 0 Å². The van der Waals surface area contributed by atoms with Gasteiger partial charge in [-0.15, -0.1) is 0 Å². The van der Waals surface area contributed by atoms with Crippen LogP contribution in [0.1, 0.15) is 11.4 Å². The Bertz CT molecular complexity index is 771. The van der Waals surface area contributed by atoms with Crippen molar-refractivity contribution in [2.45, 2.75) is 13.8 Å². The lowest BCUT2D eigenvalue weighted by molar-refractivity contribution is 0.918. The van der Waals surface area contributed by atoms with Gasteiger partial charge in [-0.1, -0.05) is 18.2 Å². The van der Waals surface area contributed by atoms with Crippen molar-refractivity contribution in [1.82, 2.24) is 14.5 Å². The summed E-state index contributed by atoms with van der Waals surface area (Å²) in [7, 11) is 2.06. The van der Waals surface area contributed by atoms with Gasteiger partial charge in [0.2, 0.25) is 0 Å². The summed E-state index contributed by atoms with van der Waals surface area (Å²) in [5.41, 5.74) is 11.9. The van der Waals surface area contributed by atoms with Gasteiger partial charge in [0, 0.05) is 29.2 Å². The molecule has 1 aromatic carbocycles. The van der Waals surface area contributed by atoms with Crippen LogP contribution in [0.3, 0.4) is 0 Å². The molecule has 0 spiro atoms. The molecule has 3 aromatic rings. The second kappa shape index (κ2) is 4.09. The number of nitrogen functional groups attached to an aromatic ring is 1. The number of anilines is 1. The van der Waals surface area contributed by atoms with Gasteiger partial charge in [0.15, 0.2) is 0 Å². The SMILES string of the molecule is Cc1ncnc(-c2c(C)n(C)c3ccccc23)c1N. The molecule has 19 heavy (non-hydrogen) atoms. The van der Waals surface area contributed by atoms with Crippen LogP contribution in [0, 0.1) is 13.8 Å². The topological polar surface area (TPSA) is 56.7 Å². The predicted octanol–water partition coefficient (Wildman–Crippen LogP) is 2.83. The summed E-state index contributed by atoms with van der Waals surface area (Å²) in [5, 5.41) is 1.17. The highest BCUT2D eigenvalue weighted by Crippen LogP contribution is 2.35. The number of nitrogens with zero attached hydrogens (tertiary/aromatic N) is 3. The Kier molecular flexibility index (Phi) is 2.52. The van der Waals surface area contributed by atoms with Crippen LogP contribution in [-0.4, -0.2) is 14.5 Å². The molecule has 2 aromatic heterocycles. The maximum absolute atomic E-state index is 6.15. The number of hydrogen-bond donors (Lipinski definition) is 1. The van der Waals surface area contributed by atoms with E-state index in [9.17, 15) is 0 Å². The Morgan fingerprint density at radius 2 is 1.84 bits per heavy atom. The number of aryl methyl sites for hydroxylation is 2. The summed E-state index contributed by atoms with van der Waals surface area (Å²) in [4.78, 5) is 8.52. The Hall–Kier alpha value is -2.36. The number of hydrogen-bond acceptors (Lipinski definition) is 3. The van der Waals surface area contributed by atoms with E-state index in [0.29, 0.717) is 5.69 Å². The zero-order chi connectivity index (χ0) is 13.6. The quantitative estimate of drug-likeness (QED) is 0.724. The lowest BCUT2D eigenvalue weighted by atomic mass is 10.1. The number of fused-ring (bicyclic) bond motifs is 1. The first-order valence-electron chi connectivity index (χ1n) is 6.22. The lowest BCUT2D eigenvalue weighted by Crippen LogP contribution is -2.00. The first-order valence-corrected chi connectivity index (χ1v) is 6.22. The van der Waals surface area contributed by atoms with Crippen LogP contribution < -0.4 is 5.73 Å². The van der Waals surface area contributed by atoms with Crippen LogP contribution in [0.25, 0.3) is 22.2 Å². The van der Waals surface area contributed by atoms with Gasteiger partial charge in [-0.2, -0.15) is 0 Å². The highest BCUT2D eigenvalue weighted by molar-refractivity contribution is 5.99. The molecular formula is C15H16N4. The summed E-state index contributed by atoms with van der Waals surface area (Å²) in [5.74, 6) is 0. The Labute approximate surface area is 111 Å². The van der Waals surface area contributed by atoms with E-state index >= 15 is 0 Å². The number of nitrogens with two attached hydrogens (primary N) is 1. The zero-order valence-corrected chi connectivity index (χ0v) is 11.3. The maximum atomic E-state index is 6.15. The van der Waals surface area contributed by atoms with E-state index in [4.69, 9.17) is 5.73 Å². The van der Waals surface area contributed by atoms with E-state index in [1.807, 2.05) is 19.1 Å². The standard InChI is InChI=1S/C15H16N4/c1-9-14(16)15(18-8-17-9)13-10(2)19(3)12-7-5-4-6-11(12)13/h4-8H,16H2,1-3H3. The Morgan fingerprint density at radius 3 is 2.63 bits per heavy atom.